The molecule has 2 aliphatic heterocycles. The Balaban J connectivity index is 1.80. The molecule has 0 aromatic rings. The van der Waals surface area contributed by atoms with E-state index in [1.54, 1.807) is 0 Å². The molecule has 2 heterocycles. The van der Waals surface area contributed by atoms with Crippen LogP contribution in [0.5, 0.6) is 0 Å². The number of hydrogen-bond donors (Lipinski definition) is 2. The van der Waals surface area contributed by atoms with Crippen LogP contribution in [0.25, 0.3) is 0 Å². The molecule has 104 valence electrons. The molecular weight excluding hydrogens is 230 g/mol. The first-order chi connectivity index (χ1) is 8.66. The van der Waals surface area contributed by atoms with E-state index in [9.17, 15) is 9.90 Å². The quantitative estimate of drug-likeness (QED) is 0.699. The lowest BCUT2D eigenvalue weighted by Gasteiger charge is -2.35. The highest BCUT2D eigenvalue weighted by atomic mass is 16.3. The molecule has 0 aromatic heterocycles. The van der Waals surface area contributed by atoms with Crippen molar-refractivity contribution in [2.75, 3.05) is 45.8 Å². The highest BCUT2D eigenvalue weighted by molar-refractivity contribution is 5.78. The van der Waals surface area contributed by atoms with Crippen molar-refractivity contribution in [3.63, 3.8) is 0 Å². The molecule has 0 aliphatic carbocycles. The SMILES string of the molecule is CC1CN(C(=O)CN2CCCNCC2)CCC1O. The van der Waals surface area contributed by atoms with E-state index in [0.717, 1.165) is 32.6 Å². The number of aliphatic hydroxyl groups is 1. The number of piperidine rings is 1. The molecule has 2 rings (SSSR count). The van der Waals surface area contributed by atoms with Crippen LogP contribution in [0.1, 0.15) is 19.8 Å². The van der Waals surface area contributed by atoms with Crippen molar-refractivity contribution >= 4 is 5.91 Å². The molecule has 5 heteroatoms. The Bertz CT molecular complexity index is 277. The van der Waals surface area contributed by atoms with E-state index >= 15 is 0 Å². The van der Waals surface area contributed by atoms with Crippen LogP contribution in [0.15, 0.2) is 0 Å². The van der Waals surface area contributed by atoms with Gasteiger partial charge < -0.3 is 15.3 Å². The first kappa shape index (κ1) is 13.8. The zero-order valence-corrected chi connectivity index (χ0v) is 11.3. The summed E-state index contributed by atoms with van der Waals surface area (Å²) in [6, 6.07) is 0. The van der Waals surface area contributed by atoms with Gasteiger partial charge in [0.15, 0.2) is 0 Å². The highest BCUT2D eigenvalue weighted by Crippen LogP contribution is 2.16. The maximum Gasteiger partial charge on any atom is 0.236 e. The summed E-state index contributed by atoms with van der Waals surface area (Å²) in [5.41, 5.74) is 0. The average molecular weight is 255 g/mol. The Morgan fingerprint density at radius 2 is 2.17 bits per heavy atom. The number of likely N-dealkylation sites (tertiary alicyclic amines) is 1. The van der Waals surface area contributed by atoms with E-state index in [4.69, 9.17) is 0 Å². The molecule has 2 N–H and O–H groups in total. The van der Waals surface area contributed by atoms with Gasteiger partial charge in [-0.1, -0.05) is 6.92 Å². The van der Waals surface area contributed by atoms with Gasteiger partial charge in [-0.3, -0.25) is 9.69 Å². The van der Waals surface area contributed by atoms with E-state index < -0.39 is 0 Å². The lowest BCUT2D eigenvalue weighted by atomic mass is 9.97. The highest BCUT2D eigenvalue weighted by Gasteiger charge is 2.27. The zero-order valence-electron chi connectivity index (χ0n) is 11.3. The van der Waals surface area contributed by atoms with E-state index in [2.05, 4.69) is 10.2 Å². The van der Waals surface area contributed by atoms with Gasteiger partial charge >= 0.3 is 0 Å². The van der Waals surface area contributed by atoms with E-state index in [1.165, 1.54) is 0 Å². The first-order valence-electron chi connectivity index (χ1n) is 7.05. The maximum absolute atomic E-state index is 12.2. The molecule has 0 bridgehead atoms. The summed E-state index contributed by atoms with van der Waals surface area (Å²) in [5, 5.41) is 13.0. The van der Waals surface area contributed by atoms with Crippen LogP contribution >= 0.6 is 0 Å². The van der Waals surface area contributed by atoms with E-state index in [0.29, 0.717) is 26.1 Å². The Hall–Kier alpha value is -0.650. The lowest BCUT2D eigenvalue weighted by molar-refractivity contribution is -0.135. The first-order valence-corrected chi connectivity index (χ1v) is 7.05. The molecule has 0 spiro atoms. The number of nitrogens with zero attached hydrogens (tertiary/aromatic N) is 2. The summed E-state index contributed by atoms with van der Waals surface area (Å²) < 4.78 is 0. The number of carbonyl (C=O) groups is 1. The fourth-order valence-corrected chi connectivity index (χ4v) is 2.71. The fourth-order valence-electron chi connectivity index (χ4n) is 2.71. The lowest BCUT2D eigenvalue weighted by Crippen LogP contribution is -2.48. The second-order valence-corrected chi connectivity index (χ2v) is 5.55. The maximum atomic E-state index is 12.2. The van der Waals surface area contributed by atoms with Crippen LogP contribution < -0.4 is 5.32 Å². The Kier molecular flexibility index (Phi) is 4.97. The number of aliphatic hydroxyl groups excluding tert-OH is 1. The summed E-state index contributed by atoms with van der Waals surface area (Å²) >= 11 is 0. The standard InChI is InChI=1S/C13H25N3O2/c1-11-9-16(7-3-12(11)17)13(18)10-15-6-2-4-14-5-8-15/h11-12,14,17H,2-10H2,1H3. The second kappa shape index (κ2) is 6.50. The van der Waals surface area contributed by atoms with Crippen molar-refractivity contribution in [2.24, 2.45) is 5.92 Å². The van der Waals surface area contributed by atoms with Gasteiger partial charge in [0.1, 0.15) is 0 Å². The van der Waals surface area contributed by atoms with Crippen molar-refractivity contribution in [1.82, 2.24) is 15.1 Å². The van der Waals surface area contributed by atoms with Gasteiger partial charge in [0.2, 0.25) is 5.91 Å². The normalized spacial score (nSPS) is 31.1. The summed E-state index contributed by atoms with van der Waals surface area (Å²) in [7, 11) is 0. The van der Waals surface area contributed by atoms with Crippen molar-refractivity contribution in [3.05, 3.63) is 0 Å². The summed E-state index contributed by atoms with van der Waals surface area (Å²) in [6.07, 6.45) is 1.59. The van der Waals surface area contributed by atoms with E-state index in [-0.39, 0.29) is 17.9 Å². The van der Waals surface area contributed by atoms with Crippen LogP contribution in [-0.2, 0) is 4.79 Å². The number of carbonyl (C=O) groups excluding carboxylic acids is 1. The molecule has 0 saturated carbocycles. The topological polar surface area (TPSA) is 55.8 Å². The van der Waals surface area contributed by atoms with Gasteiger partial charge in [-0.2, -0.15) is 0 Å². The monoisotopic (exact) mass is 255 g/mol. The van der Waals surface area contributed by atoms with Gasteiger partial charge in [-0.25, -0.2) is 0 Å². The largest absolute Gasteiger partial charge is 0.393 e. The molecule has 5 nitrogen and oxygen atoms in total. The predicted molar refractivity (Wildman–Crippen MR) is 70.3 cm³/mol. The average Bonchev–Trinajstić information content (AvgIpc) is 2.61. The van der Waals surface area contributed by atoms with Gasteiger partial charge in [0.05, 0.1) is 12.6 Å². The van der Waals surface area contributed by atoms with Crippen LogP contribution in [0.4, 0.5) is 0 Å². The summed E-state index contributed by atoms with van der Waals surface area (Å²) in [6.45, 7) is 7.94. The molecule has 2 atom stereocenters. The Labute approximate surface area is 109 Å². The molecule has 1 amide bonds. The molecule has 2 saturated heterocycles. The number of rotatable bonds is 2. The van der Waals surface area contributed by atoms with Crippen LogP contribution in [0.2, 0.25) is 0 Å². The minimum atomic E-state index is -0.239. The number of nitrogens with one attached hydrogen (secondary N) is 1. The van der Waals surface area contributed by atoms with Crippen molar-refractivity contribution in [3.8, 4) is 0 Å². The van der Waals surface area contributed by atoms with Gasteiger partial charge in [0.25, 0.3) is 0 Å². The molecule has 0 radical (unpaired) electrons. The van der Waals surface area contributed by atoms with Crippen molar-refractivity contribution < 1.29 is 9.90 Å². The zero-order chi connectivity index (χ0) is 13.0. The molecule has 2 fully saturated rings. The third kappa shape index (κ3) is 3.67. The second-order valence-electron chi connectivity index (χ2n) is 5.55. The Morgan fingerprint density at radius 3 is 2.94 bits per heavy atom. The third-order valence-corrected chi connectivity index (χ3v) is 4.00. The molecule has 2 unspecified atom stereocenters. The minimum Gasteiger partial charge on any atom is -0.393 e. The smallest absolute Gasteiger partial charge is 0.236 e. The van der Waals surface area contributed by atoms with Crippen molar-refractivity contribution in [2.45, 2.75) is 25.9 Å². The molecule has 18 heavy (non-hydrogen) atoms. The number of amides is 1. The van der Waals surface area contributed by atoms with Crippen LogP contribution in [-0.4, -0.2) is 72.7 Å². The summed E-state index contributed by atoms with van der Waals surface area (Å²) in [5.74, 6) is 0.421. The van der Waals surface area contributed by atoms with Crippen LogP contribution in [0.3, 0.4) is 0 Å². The van der Waals surface area contributed by atoms with Gasteiger partial charge in [-0.05, 0) is 31.8 Å². The molecule has 0 aromatic carbocycles. The Morgan fingerprint density at radius 1 is 1.33 bits per heavy atom. The fraction of sp³-hybridized carbons (Fsp3) is 0.923. The van der Waals surface area contributed by atoms with Crippen LogP contribution in [0, 0.1) is 5.92 Å². The minimum absolute atomic E-state index is 0.202. The van der Waals surface area contributed by atoms with Crippen molar-refractivity contribution in [1.29, 1.82) is 0 Å². The van der Waals surface area contributed by atoms with E-state index in [1.807, 2.05) is 11.8 Å². The molecule has 2 aliphatic rings. The molecular formula is C13H25N3O2. The van der Waals surface area contributed by atoms with Gasteiger partial charge in [-0.15, -0.1) is 0 Å². The van der Waals surface area contributed by atoms with Gasteiger partial charge in [0, 0.05) is 26.2 Å². The third-order valence-electron chi connectivity index (χ3n) is 4.00. The predicted octanol–water partition coefficient (Wildman–Crippen LogP) is -0.489. The number of hydrogen-bond acceptors (Lipinski definition) is 4. The summed E-state index contributed by atoms with van der Waals surface area (Å²) in [4.78, 5) is 16.4.